The molecule has 1 aromatic heterocycles. The van der Waals surface area contributed by atoms with Gasteiger partial charge in [-0.05, 0) is 48.6 Å². The first-order valence-electron chi connectivity index (χ1n) is 7.71. The highest BCUT2D eigenvalue weighted by Gasteiger charge is 2.29. The summed E-state index contributed by atoms with van der Waals surface area (Å²) in [5.41, 5.74) is 10.2. The van der Waals surface area contributed by atoms with Gasteiger partial charge < -0.3 is 10.5 Å². The van der Waals surface area contributed by atoms with Crippen molar-refractivity contribution in [2.24, 2.45) is 5.73 Å². The maximum Gasteiger partial charge on any atom is 0.119 e. The summed E-state index contributed by atoms with van der Waals surface area (Å²) in [6, 6.07) is 12.3. The fraction of sp³-hybridized carbons (Fsp3) is 0.389. The van der Waals surface area contributed by atoms with E-state index in [2.05, 4.69) is 30.1 Å². The van der Waals surface area contributed by atoms with Gasteiger partial charge in [-0.2, -0.15) is 0 Å². The average Bonchev–Trinajstić information content (AvgIpc) is 2.96. The van der Waals surface area contributed by atoms with Crippen molar-refractivity contribution in [2.45, 2.75) is 38.1 Å². The first kappa shape index (κ1) is 14.1. The molecule has 1 heterocycles. The molecule has 3 nitrogen and oxygen atoms in total. The lowest BCUT2D eigenvalue weighted by Gasteiger charge is -2.20. The van der Waals surface area contributed by atoms with E-state index in [9.17, 15) is 0 Å². The average molecular weight is 282 g/mol. The van der Waals surface area contributed by atoms with E-state index in [4.69, 9.17) is 10.5 Å². The topological polar surface area (TPSA) is 48.1 Å². The van der Waals surface area contributed by atoms with Crippen molar-refractivity contribution in [3.8, 4) is 5.75 Å². The maximum absolute atomic E-state index is 6.52. The van der Waals surface area contributed by atoms with Crippen molar-refractivity contribution < 1.29 is 4.74 Å². The van der Waals surface area contributed by atoms with Crippen molar-refractivity contribution in [2.75, 3.05) is 6.61 Å². The summed E-state index contributed by atoms with van der Waals surface area (Å²) in [4.78, 5) is 4.55. The van der Waals surface area contributed by atoms with E-state index < -0.39 is 0 Å². The molecule has 0 saturated carbocycles. The zero-order valence-corrected chi connectivity index (χ0v) is 12.5. The highest BCUT2D eigenvalue weighted by atomic mass is 16.5. The molecule has 21 heavy (non-hydrogen) atoms. The molecule has 2 atom stereocenters. The molecule has 1 aliphatic carbocycles. The molecule has 0 amide bonds. The van der Waals surface area contributed by atoms with Gasteiger partial charge in [0.2, 0.25) is 0 Å². The monoisotopic (exact) mass is 282 g/mol. The van der Waals surface area contributed by atoms with Crippen LogP contribution in [0.1, 0.15) is 48.5 Å². The number of benzene rings is 1. The van der Waals surface area contributed by atoms with Crippen LogP contribution in [0, 0.1) is 0 Å². The Morgan fingerprint density at radius 1 is 1.33 bits per heavy atom. The Hall–Kier alpha value is -1.87. The second-order valence-electron chi connectivity index (χ2n) is 5.64. The molecule has 0 radical (unpaired) electrons. The Labute approximate surface area is 126 Å². The molecule has 2 unspecified atom stereocenters. The van der Waals surface area contributed by atoms with Crippen molar-refractivity contribution in [3.05, 3.63) is 59.4 Å². The van der Waals surface area contributed by atoms with Crippen LogP contribution < -0.4 is 10.5 Å². The van der Waals surface area contributed by atoms with E-state index >= 15 is 0 Å². The number of pyridine rings is 1. The summed E-state index contributed by atoms with van der Waals surface area (Å²) < 4.78 is 5.71. The number of nitrogens with zero attached hydrogens (tertiary/aromatic N) is 1. The highest BCUT2D eigenvalue weighted by Crippen LogP contribution is 2.39. The maximum atomic E-state index is 6.52. The quantitative estimate of drug-likeness (QED) is 0.911. The lowest BCUT2D eigenvalue weighted by molar-refractivity contribution is 0.316. The summed E-state index contributed by atoms with van der Waals surface area (Å²) in [5, 5.41) is 0. The van der Waals surface area contributed by atoms with Gasteiger partial charge in [0.1, 0.15) is 5.75 Å². The number of aryl methyl sites for hydroxylation is 1. The van der Waals surface area contributed by atoms with Crippen LogP contribution in [0.4, 0.5) is 0 Å². The van der Waals surface area contributed by atoms with E-state index in [1.807, 2.05) is 24.4 Å². The van der Waals surface area contributed by atoms with Crippen LogP contribution in [0.2, 0.25) is 0 Å². The summed E-state index contributed by atoms with van der Waals surface area (Å²) in [6.07, 6.45) is 5.03. The zero-order valence-electron chi connectivity index (χ0n) is 12.5. The summed E-state index contributed by atoms with van der Waals surface area (Å²) >= 11 is 0. The molecule has 2 aromatic rings. The van der Waals surface area contributed by atoms with Crippen molar-refractivity contribution in [1.29, 1.82) is 0 Å². The minimum atomic E-state index is -0.0219. The molecule has 0 aliphatic heterocycles. The molecule has 0 bridgehead atoms. The van der Waals surface area contributed by atoms with Gasteiger partial charge in [-0.15, -0.1) is 0 Å². The fourth-order valence-corrected chi connectivity index (χ4v) is 3.06. The molecule has 0 fully saturated rings. The second kappa shape index (κ2) is 6.27. The highest BCUT2D eigenvalue weighted by molar-refractivity contribution is 5.36. The molecule has 0 spiro atoms. The lowest BCUT2D eigenvalue weighted by atomic mass is 9.91. The molecular formula is C18H22N2O. The molecule has 1 aliphatic rings. The Morgan fingerprint density at radius 3 is 3.10 bits per heavy atom. The van der Waals surface area contributed by atoms with Gasteiger partial charge in [0.15, 0.2) is 0 Å². The van der Waals surface area contributed by atoms with Crippen molar-refractivity contribution in [1.82, 2.24) is 4.98 Å². The number of ether oxygens (including phenoxy) is 1. The first-order chi connectivity index (χ1) is 10.3. The van der Waals surface area contributed by atoms with Gasteiger partial charge in [0.25, 0.3) is 0 Å². The molecule has 1 aromatic carbocycles. The van der Waals surface area contributed by atoms with Gasteiger partial charge in [0.05, 0.1) is 6.61 Å². The number of fused-ring (bicyclic) bond motifs is 1. The fourth-order valence-electron chi connectivity index (χ4n) is 3.06. The van der Waals surface area contributed by atoms with Gasteiger partial charge in [-0.3, -0.25) is 4.98 Å². The van der Waals surface area contributed by atoms with Gasteiger partial charge in [-0.1, -0.05) is 25.1 Å². The van der Waals surface area contributed by atoms with Crippen LogP contribution in [-0.4, -0.2) is 11.6 Å². The van der Waals surface area contributed by atoms with Crippen LogP contribution in [0.15, 0.2) is 42.6 Å². The second-order valence-corrected chi connectivity index (χ2v) is 5.64. The van der Waals surface area contributed by atoms with E-state index in [1.54, 1.807) is 0 Å². The van der Waals surface area contributed by atoms with Crippen LogP contribution in [0.25, 0.3) is 0 Å². The molecule has 3 heteroatoms. The van der Waals surface area contributed by atoms with Gasteiger partial charge in [-0.25, -0.2) is 0 Å². The predicted molar refractivity (Wildman–Crippen MR) is 84.5 cm³/mol. The standard InChI is InChI=1S/C18H22N2O/c1-2-11-21-15-7-3-5-14(12-15)17(19)16-9-8-13-6-4-10-20-18(13)16/h3-7,10,12,16-17H,2,8-9,11,19H2,1H3. The third-order valence-electron chi connectivity index (χ3n) is 4.15. The van der Waals surface area contributed by atoms with Crippen molar-refractivity contribution in [3.63, 3.8) is 0 Å². The Bertz CT molecular complexity index is 612. The van der Waals surface area contributed by atoms with Crippen LogP contribution >= 0.6 is 0 Å². The van der Waals surface area contributed by atoms with Crippen LogP contribution in [0.3, 0.4) is 0 Å². The zero-order chi connectivity index (χ0) is 14.7. The lowest BCUT2D eigenvalue weighted by Crippen LogP contribution is -2.19. The van der Waals surface area contributed by atoms with Crippen LogP contribution in [0.5, 0.6) is 5.75 Å². The molecule has 110 valence electrons. The first-order valence-corrected chi connectivity index (χ1v) is 7.71. The Kier molecular flexibility index (Phi) is 4.20. The Morgan fingerprint density at radius 2 is 2.24 bits per heavy atom. The van der Waals surface area contributed by atoms with Gasteiger partial charge >= 0.3 is 0 Å². The molecule has 3 rings (SSSR count). The van der Waals surface area contributed by atoms with Crippen molar-refractivity contribution >= 4 is 0 Å². The molecular weight excluding hydrogens is 260 g/mol. The number of rotatable bonds is 5. The third-order valence-corrected chi connectivity index (χ3v) is 4.15. The minimum Gasteiger partial charge on any atom is -0.494 e. The molecule has 0 saturated heterocycles. The number of hydrogen-bond acceptors (Lipinski definition) is 3. The third kappa shape index (κ3) is 2.93. The van der Waals surface area contributed by atoms with E-state index in [0.29, 0.717) is 5.92 Å². The smallest absolute Gasteiger partial charge is 0.119 e. The Balaban J connectivity index is 1.81. The van der Waals surface area contributed by atoms with E-state index in [0.717, 1.165) is 37.2 Å². The summed E-state index contributed by atoms with van der Waals surface area (Å²) in [6.45, 7) is 2.85. The largest absolute Gasteiger partial charge is 0.494 e. The predicted octanol–water partition coefficient (Wildman–Crippen LogP) is 3.60. The van der Waals surface area contributed by atoms with Crippen LogP contribution in [-0.2, 0) is 6.42 Å². The summed E-state index contributed by atoms with van der Waals surface area (Å²) in [5.74, 6) is 1.21. The van der Waals surface area contributed by atoms with E-state index in [1.165, 1.54) is 11.3 Å². The number of hydrogen-bond donors (Lipinski definition) is 1. The van der Waals surface area contributed by atoms with Gasteiger partial charge in [0, 0.05) is 23.9 Å². The minimum absolute atomic E-state index is 0.0219. The number of nitrogens with two attached hydrogens (primary N) is 1. The summed E-state index contributed by atoms with van der Waals surface area (Å²) in [7, 11) is 0. The van der Waals surface area contributed by atoms with E-state index in [-0.39, 0.29) is 6.04 Å². The SMILES string of the molecule is CCCOc1cccc(C(N)C2CCc3cccnc32)c1. The number of aromatic nitrogens is 1. The molecule has 2 N–H and O–H groups in total. The normalized spacial score (nSPS) is 18.3.